The molecule has 0 spiro atoms. The second-order valence-electron chi connectivity index (χ2n) is 7.63. The number of aromatic nitrogens is 1. The highest BCUT2D eigenvalue weighted by Crippen LogP contribution is 2.27. The van der Waals surface area contributed by atoms with Gasteiger partial charge in [-0.1, -0.05) is 30.3 Å². The minimum Gasteiger partial charge on any atom is -0.457 e. The van der Waals surface area contributed by atoms with Crippen LogP contribution in [0, 0.1) is 0 Å². The Morgan fingerprint density at radius 2 is 1.61 bits per heavy atom. The minimum atomic E-state index is -0.310. The number of carbonyl (C=O) groups is 2. The van der Waals surface area contributed by atoms with Crippen molar-refractivity contribution in [1.82, 2.24) is 9.88 Å². The van der Waals surface area contributed by atoms with Crippen molar-refractivity contribution in [3.63, 3.8) is 0 Å². The third kappa shape index (κ3) is 6.40. The minimum absolute atomic E-state index is 0.0454. The van der Waals surface area contributed by atoms with Crippen molar-refractivity contribution in [3.05, 3.63) is 89.7 Å². The zero-order valence-electron chi connectivity index (χ0n) is 17.8. The van der Waals surface area contributed by atoms with Crippen molar-refractivity contribution < 1.29 is 14.3 Å². The lowest BCUT2D eigenvalue weighted by molar-refractivity contribution is -0.130. The summed E-state index contributed by atoms with van der Waals surface area (Å²) in [4.78, 5) is 29.5. The molecule has 1 unspecified atom stereocenters. The fourth-order valence-electron chi connectivity index (χ4n) is 3.31. The number of carbonyl (C=O) groups excluding carboxylic acids is 2. The van der Waals surface area contributed by atoms with Gasteiger partial charge in [0.15, 0.2) is 0 Å². The lowest BCUT2D eigenvalue weighted by Crippen LogP contribution is -2.29. The molecule has 3 aromatic rings. The Kier molecular flexibility index (Phi) is 7.38. The standard InChI is InChI=1S/C25H27N3O3/c1-28(2)25(30)23(16-19-4-3-15-27-17-19)20-8-12-22(13-9-20)31-21-10-5-18(6-11-21)7-14-24(26)29/h3-6,8-13,15,17,23H,7,14,16H2,1-2H3,(H2,26,29). The number of hydrogen-bond donors (Lipinski definition) is 1. The van der Waals surface area contributed by atoms with E-state index in [0.29, 0.717) is 30.8 Å². The van der Waals surface area contributed by atoms with E-state index in [9.17, 15) is 9.59 Å². The number of aryl methyl sites for hydroxylation is 1. The normalized spacial score (nSPS) is 11.5. The molecule has 160 valence electrons. The van der Waals surface area contributed by atoms with Crippen molar-refractivity contribution in [2.24, 2.45) is 5.73 Å². The number of amides is 2. The molecule has 0 radical (unpaired) electrons. The molecular weight excluding hydrogens is 390 g/mol. The van der Waals surface area contributed by atoms with Crippen LogP contribution in [0.2, 0.25) is 0 Å². The summed E-state index contributed by atoms with van der Waals surface area (Å²) >= 11 is 0. The molecule has 0 aliphatic carbocycles. The number of likely N-dealkylation sites (N-methyl/N-ethyl adjacent to an activating group) is 1. The Labute approximate surface area is 182 Å². The SMILES string of the molecule is CN(C)C(=O)C(Cc1cccnc1)c1ccc(Oc2ccc(CCC(N)=O)cc2)cc1. The topological polar surface area (TPSA) is 85.5 Å². The van der Waals surface area contributed by atoms with E-state index in [0.717, 1.165) is 16.7 Å². The van der Waals surface area contributed by atoms with Crippen LogP contribution in [-0.2, 0) is 22.4 Å². The number of pyridine rings is 1. The van der Waals surface area contributed by atoms with E-state index >= 15 is 0 Å². The van der Waals surface area contributed by atoms with Crippen LogP contribution >= 0.6 is 0 Å². The van der Waals surface area contributed by atoms with E-state index in [1.807, 2.05) is 60.7 Å². The average Bonchev–Trinajstić information content (AvgIpc) is 2.78. The zero-order chi connectivity index (χ0) is 22.2. The summed E-state index contributed by atoms with van der Waals surface area (Å²) < 4.78 is 5.92. The van der Waals surface area contributed by atoms with Crippen LogP contribution in [-0.4, -0.2) is 35.8 Å². The third-order valence-corrected chi connectivity index (χ3v) is 5.00. The average molecular weight is 418 g/mol. The van der Waals surface area contributed by atoms with Crippen molar-refractivity contribution >= 4 is 11.8 Å². The smallest absolute Gasteiger partial charge is 0.229 e. The summed E-state index contributed by atoms with van der Waals surface area (Å²) in [6.07, 6.45) is 5.04. The molecule has 0 bridgehead atoms. The molecule has 1 aromatic heterocycles. The molecule has 2 aromatic carbocycles. The van der Waals surface area contributed by atoms with E-state index < -0.39 is 0 Å². The first kappa shape index (κ1) is 22.0. The number of nitrogens with zero attached hydrogens (tertiary/aromatic N) is 2. The summed E-state index contributed by atoms with van der Waals surface area (Å²) in [6, 6.07) is 19.0. The van der Waals surface area contributed by atoms with E-state index in [1.54, 1.807) is 31.4 Å². The molecular formula is C25H27N3O3. The van der Waals surface area contributed by atoms with Crippen LogP contribution in [0.1, 0.15) is 29.0 Å². The molecule has 6 heteroatoms. The van der Waals surface area contributed by atoms with E-state index in [1.165, 1.54) is 0 Å². The molecule has 2 N–H and O–H groups in total. The van der Waals surface area contributed by atoms with Crippen molar-refractivity contribution in [1.29, 1.82) is 0 Å². The molecule has 2 amide bonds. The largest absolute Gasteiger partial charge is 0.457 e. The van der Waals surface area contributed by atoms with Gasteiger partial charge in [-0.2, -0.15) is 0 Å². The molecule has 1 heterocycles. The fourth-order valence-corrected chi connectivity index (χ4v) is 3.31. The molecule has 0 aliphatic rings. The third-order valence-electron chi connectivity index (χ3n) is 5.00. The van der Waals surface area contributed by atoms with Gasteiger partial charge in [0.25, 0.3) is 0 Å². The van der Waals surface area contributed by atoms with E-state index in [4.69, 9.17) is 10.5 Å². The summed E-state index contributed by atoms with van der Waals surface area (Å²) in [7, 11) is 3.53. The number of ether oxygens (including phenoxy) is 1. The van der Waals surface area contributed by atoms with Gasteiger partial charge in [-0.15, -0.1) is 0 Å². The van der Waals surface area contributed by atoms with E-state index in [-0.39, 0.29) is 17.7 Å². The second kappa shape index (κ2) is 10.4. The molecule has 3 rings (SSSR count). The maximum atomic E-state index is 12.8. The Morgan fingerprint density at radius 3 is 2.16 bits per heavy atom. The van der Waals surface area contributed by atoms with Gasteiger partial charge in [0, 0.05) is 32.9 Å². The summed E-state index contributed by atoms with van der Waals surface area (Å²) in [6.45, 7) is 0. The number of nitrogens with two attached hydrogens (primary N) is 1. The number of hydrogen-bond acceptors (Lipinski definition) is 4. The summed E-state index contributed by atoms with van der Waals surface area (Å²) in [5, 5.41) is 0. The molecule has 0 aliphatic heterocycles. The van der Waals surface area contributed by atoms with Gasteiger partial charge in [-0.3, -0.25) is 14.6 Å². The van der Waals surface area contributed by atoms with Crippen LogP contribution in [0.4, 0.5) is 0 Å². The van der Waals surface area contributed by atoms with Crippen molar-refractivity contribution in [3.8, 4) is 11.5 Å². The number of benzene rings is 2. The predicted octanol–water partition coefficient (Wildman–Crippen LogP) is 3.71. The van der Waals surface area contributed by atoms with Crippen LogP contribution < -0.4 is 10.5 Å². The lowest BCUT2D eigenvalue weighted by atomic mass is 9.91. The van der Waals surface area contributed by atoms with Crippen molar-refractivity contribution in [2.75, 3.05) is 14.1 Å². The first-order chi connectivity index (χ1) is 14.9. The summed E-state index contributed by atoms with van der Waals surface area (Å²) in [5.74, 6) is 0.828. The van der Waals surface area contributed by atoms with Gasteiger partial charge < -0.3 is 15.4 Å². The van der Waals surface area contributed by atoms with Gasteiger partial charge in [0.05, 0.1) is 5.92 Å². The molecule has 31 heavy (non-hydrogen) atoms. The second-order valence-corrected chi connectivity index (χ2v) is 7.63. The Balaban J connectivity index is 1.70. The van der Waals surface area contributed by atoms with Crippen molar-refractivity contribution in [2.45, 2.75) is 25.2 Å². The zero-order valence-corrected chi connectivity index (χ0v) is 17.8. The van der Waals surface area contributed by atoms with Crippen LogP contribution in [0.15, 0.2) is 73.1 Å². The van der Waals surface area contributed by atoms with Crippen LogP contribution in [0.25, 0.3) is 0 Å². The molecule has 0 saturated heterocycles. The maximum Gasteiger partial charge on any atom is 0.229 e. The summed E-state index contributed by atoms with van der Waals surface area (Å²) in [5.41, 5.74) is 8.16. The van der Waals surface area contributed by atoms with Crippen LogP contribution in [0.5, 0.6) is 11.5 Å². The van der Waals surface area contributed by atoms with Crippen LogP contribution in [0.3, 0.4) is 0 Å². The van der Waals surface area contributed by atoms with E-state index in [2.05, 4.69) is 4.98 Å². The molecule has 1 atom stereocenters. The lowest BCUT2D eigenvalue weighted by Gasteiger charge is -2.21. The Bertz CT molecular complexity index is 1000. The van der Waals surface area contributed by atoms with Gasteiger partial charge in [-0.05, 0) is 59.9 Å². The first-order valence-electron chi connectivity index (χ1n) is 10.2. The highest BCUT2D eigenvalue weighted by Gasteiger charge is 2.23. The van der Waals surface area contributed by atoms with Gasteiger partial charge >= 0.3 is 0 Å². The fraction of sp³-hybridized carbons (Fsp3) is 0.240. The molecule has 6 nitrogen and oxygen atoms in total. The Hall–Kier alpha value is -3.67. The van der Waals surface area contributed by atoms with Gasteiger partial charge in [-0.25, -0.2) is 0 Å². The first-order valence-corrected chi connectivity index (χ1v) is 10.2. The highest BCUT2D eigenvalue weighted by atomic mass is 16.5. The predicted molar refractivity (Wildman–Crippen MR) is 120 cm³/mol. The van der Waals surface area contributed by atoms with Gasteiger partial charge in [0.2, 0.25) is 11.8 Å². The molecule has 0 saturated carbocycles. The quantitative estimate of drug-likeness (QED) is 0.575. The van der Waals surface area contributed by atoms with Gasteiger partial charge in [0.1, 0.15) is 11.5 Å². The maximum absolute atomic E-state index is 12.8. The highest BCUT2D eigenvalue weighted by molar-refractivity contribution is 5.83. The molecule has 0 fully saturated rings. The number of rotatable bonds is 9. The number of primary amides is 1. The Morgan fingerprint density at radius 1 is 0.968 bits per heavy atom. The monoisotopic (exact) mass is 417 g/mol.